The first-order valence-corrected chi connectivity index (χ1v) is 12.0. The molecule has 33 heavy (non-hydrogen) atoms. The predicted molar refractivity (Wildman–Crippen MR) is 122 cm³/mol. The summed E-state index contributed by atoms with van der Waals surface area (Å²) >= 11 is 0. The topological polar surface area (TPSA) is 137 Å². The van der Waals surface area contributed by atoms with Crippen molar-refractivity contribution >= 4 is 21.2 Å². The standard InChI is InChI=1S/C21H25N7O4S/c1-4-26-12-17(24-14(26)3)33(31,32)23-10-15-6-8-16(9-7-15)11-28-19-18(20(29)25-21(28)30)27(5-2)13-22-19/h6-9,12-13,23H,4-5,10-11H2,1-3H3,(H,25,29,30). The Bertz CT molecular complexity index is 1530. The van der Waals surface area contributed by atoms with Gasteiger partial charge in [0.2, 0.25) is 0 Å². The van der Waals surface area contributed by atoms with Crippen LogP contribution in [0.15, 0.2) is 51.4 Å². The number of imidazole rings is 2. The van der Waals surface area contributed by atoms with Gasteiger partial charge in [0.1, 0.15) is 5.82 Å². The lowest BCUT2D eigenvalue weighted by Crippen LogP contribution is -2.31. The number of nitrogens with zero attached hydrogens (tertiary/aromatic N) is 5. The molecule has 0 saturated heterocycles. The van der Waals surface area contributed by atoms with Crippen LogP contribution in [0.1, 0.15) is 30.8 Å². The molecule has 3 aromatic heterocycles. The Labute approximate surface area is 189 Å². The number of aromatic amines is 1. The van der Waals surface area contributed by atoms with E-state index in [1.165, 1.54) is 17.1 Å². The van der Waals surface area contributed by atoms with E-state index in [1.807, 2.05) is 13.8 Å². The van der Waals surface area contributed by atoms with Gasteiger partial charge in [0.05, 0.1) is 12.9 Å². The number of aryl methyl sites for hydroxylation is 3. The number of hydrogen-bond acceptors (Lipinski definition) is 6. The summed E-state index contributed by atoms with van der Waals surface area (Å²) in [7, 11) is -3.73. The molecule has 0 unspecified atom stereocenters. The molecule has 0 fully saturated rings. The number of nitrogens with one attached hydrogen (secondary N) is 2. The van der Waals surface area contributed by atoms with E-state index in [9.17, 15) is 18.0 Å². The molecule has 4 aromatic rings. The zero-order valence-electron chi connectivity index (χ0n) is 18.6. The van der Waals surface area contributed by atoms with Gasteiger partial charge in [-0.25, -0.2) is 27.9 Å². The molecule has 12 heteroatoms. The van der Waals surface area contributed by atoms with Crippen molar-refractivity contribution in [2.45, 2.75) is 52.0 Å². The number of fused-ring (bicyclic) bond motifs is 1. The summed E-state index contributed by atoms with van der Waals surface area (Å²) in [5.74, 6) is 0.637. The Balaban J connectivity index is 1.51. The van der Waals surface area contributed by atoms with Gasteiger partial charge in [0.25, 0.3) is 15.6 Å². The highest BCUT2D eigenvalue weighted by Gasteiger charge is 2.19. The van der Waals surface area contributed by atoms with Gasteiger partial charge in [0, 0.05) is 25.8 Å². The SMILES string of the molecule is CCn1cc(S(=O)(=O)NCc2ccc(Cn3c(=O)[nH]c(=O)c4c3ncn4CC)cc2)nc1C. The molecule has 174 valence electrons. The molecule has 0 radical (unpaired) electrons. The third-order valence-corrected chi connectivity index (χ3v) is 6.77. The third-order valence-electron chi connectivity index (χ3n) is 5.50. The lowest BCUT2D eigenvalue weighted by atomic mass is 10.1. The summed E-state index contributed by atoms with van der Waals surface area (Å²) < 4.78 is 32.5. The zero-order chi connectivity index (χ0) is 23.8. The van der Waals surface area contributed by atoms with Crippen molar-refractivity contribution in [3.8, 4) is 0 Å². The van der Waals surface area contributed by atoms with Crippen LogP contribution in [-0.4, -0.2) is 37.1 Å². The minimum Gasteiger partial charge on any atom is -0.334 e. The number of hydrogen-bond donors (Lipinski definition) is 2. The second-order valence-electron chi connectivity index (χ2n) is 7.60. The maximum Gasteiger partial charge on any atom is 0.330 e. The molecule has 0 aliphatic carbocycles. The van der Waals surface area contributed by atoms with Crippen LogP contribution in [0.25, 0.3) is 11.2 Å². The largest absolute Gasteiger partial charge is 0.334 e. The first-order chi connectivity index (χ1) is 15.7. The van der Waals surface area contributed by atoms with Gasteiger partial charge in [-0.15, -0.1) is 0 Å². The van der Waals surface area contributed by atoms with Gasteiger partial charge in [-0.05, 0) is 31.9 Å². The fourth-order valence-corrected chi connectivity index (χ4v) is 4.66. The lowest BCUT2D eigenvalue weighted by molar-refractivity contribution is 0.577. The van der Waals surface area contributed by atoms with E-state index in [-0.39, 0.29) is 18.1 Å². The Morgan fingerprint density at radius 1 is 1.03 bits per heavy atom. The van der Waals surface area contributed by atoms with Crippen LogP contribution in [-0.2, 0) is 36.2 Å². The highest BCUT2D eigenvalue weighted by molar-refractivity contribution is 7.89. The van der Waals surface area contributed by atoms with E-state index in [0.29, 0.717) is 30.1 Å². The van der Waals surface area contributed by atoms with E-state index >= 15 is 0 Å². The predicted octanol–water partition coefficient (Wildman–Crippen LogP) is 0.958. The second kappa shape index (κ2) is 8.79. The molecule has 11 nitrogen and oxygen atoms in total. The van der Waals surface area contributed by atoms with Crippen molar-refractivity contribution in [2.24, 2.45) is 0 Å². The van der Waals surface area contributed by atoms with Gasteiger partial charge in [-0.3, -0.25) is 14.3 Å². The van der Waals surface area contributed by atoms with Crippen LogP contribution >= 0.6 is 0 Å². The van der Waals surface area contributed by atoms with Crippen molar-refractivity contribution in [2.75, 3.05) is 0 Å². The van der Waals surface area contributed by atoms with E-state index in [2.05, 4.69) is 19.7 Å². The molecule has 2 N–H and O–H groups in total. The number of aromatic nitrogens is 6. The molecular weight excluding hydrogens is 446 g/mol. The molecule has 0 spiro atoms. The minimum atomic E-state index is -3.73. The molecule has 4 rings (SSSR count). The van der Waals surface area contributed by atoms with E-state index < -0.39 is 21.3 Å². The summed E-state index contributed by atoms with van der Waals surface area (Å²) in [6, 6.07) is 7.18. The minimum absolute atomic E-state index is 0.00792. The van der Waals surface area contributed by atoms with Crippen LogP contribution < -0.4 is 16.0 Å². The average molecular weight is 472 g/mol. The van der Waals surface area contributed by atoms with Gasteiger partial charge >= 0.3 is 5.69 Å². The average Bonchev–Trinajstić information content (AvgIpc) is 3.40. The highest BCUT2D eigenvalue weighted by Crippen LogP contribution is 2.12. The van der Waals surface area contributed by atoms with Gasteiger partial charge in [0.15, 0.2) is 16.2 Å². The van der Waals surface area contributed by atoms with Crippen LogP contribution in [0.2, 0.25) is 0 Å². The molecular formula is C21H25N7O4S. The normalized spacial score (nSPS) is 12.0. The van der Waals surface area contributed by atoms with E-state index in [4.69, 9.17) is 0 Å². The molecule has 0 aliphatic heterocycles. The van der Waals surface area contributed by atoms with Crippen molar-refractivity contribution in [1.29, 1.82) is 0 Å². The number of sulfonamides is 1. The molecule has 0 aliphatic rings. The Hall–Kier alpha value is -3.51. The number of rotatable bonds is 8. The summed E-state index contributed by atoms with van der Waals surface area (Å²) in [6.07, 6.45) is 3.05. The van der Waals surface area contributed by atoms with Crippen molar-refractivity contribution in [1.82, 2.24) is 33.4 Å². The molecule has 0 amide bonds. The summed E-state index contributed by atoms with van der Waals surface area (Å²) in [4.78, 5) is 35.3. The quantitative estimate of drug-likeness (QED) is 0.393. The highest BCUT2D eigenvalue weighted by atomic mass is 32.2. The van der Waals surface area contributed by atoms with Gasteiger partial charge in [-0.2, -0.15) is 0 Å². The van der Waals surface area contributed by atoms with Gasteiger partial charge < -0.3 is 9.13 Å². The van der Waals surface area contributed by atoms with Crippen LogP contribution in [0.3, 0.4) is 0 Å². The zero-order valence-corrected chi connectivity index (χ0v) is 19.4. The molecule has 0 saturated carbocycles. The van der Waals surface area contributed by atoms with Crippen LogP contribution in [0.5, 0.6) is 0 Å². The summed E-state index contributed by atoms with van der Waals surface area (Å²) in [6.45, 7) is 7.08. The molecule has 0 atom stereocenters. The van der Waals surface area contributed by atoms with E-state index in [1.54, 1.807) is 40.3 Å². The lowest BCUT2D eigenvalue weighted by Gasteiger charge is -2.09. The van der Waals surface area contributed by atoms with Crippen LogP contribution in [0, 0.1) is 6.92 Å². The van der Waals surface area contributed by atoms with E-state index in [0.717, 1.165) is 11.1 Å². The maximum atomic E-state index is 12.5. The Kier molecular flexibility index (Phi) is 6.04. The Morgan fingerprint density at radius 3 is 2.33 bits per heavy atom. The number of H-pyrrole nitrogens is 1. The smallest absolute Gasteiger partial charge is 0.330 e. The summed E-state index contributed by atoms with van der Waals surface area (Å²) in [5.41, 5.74) is 1.23. The van der Waals surface area contributed by atoms with Crippen LogP contribution in [0.4, 0.5) is 0 Å². The first kappa shape index (κ1) is 22.7. The monoisotopic (exact) mass is 471 g/mol. The second-order valence-corrected chi connectivity index (χ2v) is 9.32. The summed E-state index contributed by atoms with van der Waals surface area (Å²) in [5, 5.41) is -0.00792. The molecule has 3 heterocycles. The van der Waals surface area contributed by atoms with Crippen molar-refractivity contribution in [3.05, 3.63) is 74.6 Å². The Morgan fingerprint density at radius 2 is 1.70 bits per heavy atom. The fraction of sp³-hybridized carbons (Fsp3) is 0.333. The maximum absolute atomic E-state index is 12.5. The third kappa shape index (κ3) is 4.39. The van der Waals surface area contributed by atoms with Gasteiger partial charge in [-0.1, -0.05) is 24.3 Å². The van der Waals surface area contributed by atoms with Crippen molar-refractivity contribution in [3.63, 3.8) is 0 Å². The molecule has 0 bridgehead atoms. The first-order valence-electron chi connectivity index (χ1n) is 10.5. The van der Waals surface area contributed by atoms with Crippen molar-refractivity contribution < 1.29 is 8.42 Å². The number of benzene rings is 1. The fourth-order valence-electron chi connectivity index (χ4n) is 3.63. The molecule has 1 aromatic carbocycles.